The first kappa shape index (κ1) is 17.4. The maximum absolute atomic E-state index is 12.8. The molecule has 8 nitrogen and oxygen atoms in total. The Labute approximate surface area is 166 Å². The lowest BCUT2D eigenvalue weighted by Crippen LogP contribution is -2.51. The van der Waals surface area contributed by atoms with E-state index in [1.165, 1.54) is 11.1 Å². The first-order chi connectivity index (χ1) is 14.2. The molecule has 0 N–H and O–H groups in total. The summed E-state index contributed by atoms with van der Waals surface area (Å²) in [7, 11) is 0. The summed E-state index contributed by atoms with van der Waals surface area (Å²) in [5.41, 5.74) is 2.60. The lowest BCUT2D eigenvalue weighted by Gasteiger charge is -2.34. The van der Waals surface area contributed by atoms with E-state index in [9.17, 15) is 9.59 Å². The molecule has 0 saturated carbocycles. The molecule has 5 rings (SSSR count). The van der Waals surface area contributed by atoms with E-state index in [4.69, 9.17) is 9.47 Å². The SMILES string of the molecule is O=C1CN(C(=O)c2cnc3ccccc3n2)CCN1Cc1ccc2c(c1)OCO2. The number of fused-ring (bicyclic) bond motifs is 2. The third-order valence-corrected chi connectivity index (χ3v) is 5.08. The predicted molar refractivity (Wildman–Crippen MR) is 103 cm³/mol. The van der Waals surface area contributed by atoms with Crippen molar-refractivity contribution >= 4 is 22.8 Å². The second kappa shape index (κ2) is 7.05. The molecule has 1 saturated heterocycles. The zero-order chi connectivity index (χ0) is 19.8. The number of amides is 2. The van der Waals surface area contributed by atoms with E-state index in [0.29, 0.717) is 36.6 Å². The number of nitrogens with zero attached hydrogens (tertiary/aromatic N) is 4. The van der Waals surface area contributed by atoms with Crippen LogP contribution < -0.4 is 9.47 Å². The molecule has 0 radical (unpaired) electrons. The Bertz CT molecular complexity index is 1120. The summed E-state index contributed by atoms with van der Waals surface area (Å²) < 4.78 is 10.7. The van der Waals surface area contributed by atoms with Gasteiger partial charge in [-0.15, -0.1) is 0 Å². The van der Waals surface area contributed by atoms with Crippen LogP contribution in [0.15, 0.2) is 48.7 Å². The molecule has 1 aromatic heterocycles. The van der Waals surface area contributed by atoms with Gasteiger partial charge in [-0.05, 0) is 29.8 Å². The Morgan fingerprint density at radius 1 is 1.03 bits per heavy atom. The number of carbonyl (C=O) groups is 2. The molecule has 0 aliphatic carbocycles. The van der Waals surface area contributed by atoms with Gasteiger partial charge in [-0.1, -0.05) is 18.2 Å². The van der Waals surface area contributed by atoms with Crippen molar-refractivity contribution in [3.63, 3.8) is 0 Å². The lowest BCUT2D eigenvalue weighted by atomic mass is 10.1. The monoisotopic (exact) mass is 390 g/mol. The summed E-state index contributed by atoms with van der Waals surface area (Å²) in [6, 6.07) is 13.0. The highest BCUT2D eigenvalue weighted by molar-refractivity contribution is 5.96. The van der Waals surface area contributed by atoms with Gasteiger partial charge in [-0.25, -0.2) is 4.98 Å². The first-order valence-corrected chi connectivity index (χ1v) is 9.35. The number of hydrogen-bond donors (Lipinski definition) is 0. The Hall–Kier alpha value is -3.68. The maximum atomic E-state index is 12.8. The van der Waals surface area contributed by atoms with E-state index in [2.05, 4.69) is 9.97 Å². The van der Waals surface area contributed by atoms with E-state index in [1.54, 1.807) is 4.90 Å². The highest BCUT2D eigenvalue weighted by Gasteiger charge is 2.29. The Morgan fingerprint density at radius 2 is 1.86 bits per heavy atom. The number of benzene rings is 2. The molecule has 0 bridgehead atoms. The van der Waals surface area contributed by atoms with E-state index in [-0.39, 0.29) is 30.8 Å². The van der Waals surface area contributed by atoms with Crippen LogP contribution in [-0.4, -0.2) is 58.0 Å². The molecule has 3 aromatic rings. The molecule has 8 heteroatoms. The number of carbonyl (C=O) groups excluding carboxylic acids is 2. The zero-order valence-electron chi connectivity index (χ0n) is 15.6. The second-order valence-corrected chi connectivity index (χ2v) is 6.97. The average molecular weight is 390 g/mol. The maximum Gasteiger partial charge on any atom is 0.274 e. The van der Waals surface area contributed by atoms with Crippen molar-refractivity contribution < 1.29 is 19.1 Å². The van der Waals surface area contributed by atoms with Crippen LogP contribution >= 0.6 is 0 Å². The minimum atomic E-state index is -0.278. The third-order valence-electron chi connectivity index (χ3n) is 5.08. The largest absolute Gasteiger partial charge is 0.454 e. The second-order valence-electron chi connectivity index (χ2n) is 6.97. The van der Waals surface area contributed by atoms with Crippen molar-refractivity contribution in [2.24, 2.45) is 0 Å². The molecule has 2 aliphatic heterocycles. The molecular weight excluding hydrogens is 372 g/mol. The molecule has 29 heavy (non-hydrogen) atoms. The van der Waals surface area contributed by atoms with Crippen molar-refractivity contribution in [3.05, 3.63) is 59.9 Å². The molecule has 0 atom stereocenters. The Morgan fingerprint density at radius 3 is 2.72 bits per heavy atom. The fourth-order valence-electron chi connectivity index (χ4n) is 3.53. The average Bonchev–Trinajstić information content (AvgIpc) is 3.22. The van der Waals surface area contributed by atoms with E-state index in [0.717, 1.165) is 11.1 Å². The normalized spacial score (nSPS) is 15.8. The van der Waals surface area contributed by atoms with Crippen LogP contribution in [0, 0.1) is 0 Å². The van der Waals surface area contributed by atoms with Crippen LogP contribution in [0.2, 0.25) is 0 Å². The van der Waals surface area contributed by atoms with Gasteiger partial charge in [0.2, 0.25) is 12.7 Å². The summed E-state index contributed by atoms with van der Waals surface area (Å²) in [5, 5.41) is 0. The zero-order valence-corrected chi connectivity index (χ0v) is 15.6. The van der Waals surface area contributed by atoms with Crippen molar-refractivity contribution in [2.75, 3.05) is 26.4 Å². The van der Waals surface area contributed by atoms with Crippen molar-refractivity contribution in [1.82, 2.24) is 19.8 Å². The van der Waals surface area contributed by atoms with Gasteiger partial charge in [0.25, 0.3) is 5.91 Å². The number of hydrogen-bond acceptors (Lipinski definition) is 6. The molecule has 1 fully saturated rings. The summed E-state index contributed by atoms with van der Waals surface area (Å²) >= 11 is 0. The van der Waals surface area contributed by atoms with Crippen LogP contribution in [0.5, 0.6) is 11.5 Å². The first-order valence-electron chi connectivity index (χ1n) is 9.35. The topological polar surface area (TPSA) is 84.9 Å². The van der Waals surface area contributed by atoms with Crippen LogP contribution in [0.4, 0.5) is 0 Å². The van der Waals surface area contributed by atoms with E-state index >= 15 is 0 Å². The number of piperazine rings is 1. The van der Waals surface area contributed by atoms with Gasteiger partial charge in [-0.3, -0.25) is 14.6 Å². The van der Waals surface area contributed by atoms with Crippen LogP contribution in [0.3, 0.4) is 0 Å². The number of aromatic nitrogens is 2. The quantitative estimate of drug-likeness (QED) is 0.679. The highest BCUT2D eigenvalue weighted by Crippen LogP contribution is 2.32. The molecule has 0 spiro atoms. The van der Waals surface area contributed by atoms with Crippen molar-refractivity contribution in [2.45, 2.75) is 6.54 Å². The van der Waals surface area contributed by atoms with Crippen LogP contribution in [0.25, 0.3) is 11.0 Å². The standard InChI is InChI=1S/C21H18N4O4/c26-20-12-25(21(27)17-10-22-15-3-1-2-4-16(15)23-17)8-7-24(20)11-14-5-6-18-19(9-14)29-13-28-18/h1-6,9-10H,7-8,11-13H2. The smallest absolute Gasteiger partial charge is 0.274 e. The van der Waals surface area contributed by atoms with E-state index < -0.39 is 0 Å². The molecule has 3 heterocycles. The summed E-state index contributed by atoms with van der Waals surface area (Å²) in [4.78, 5) is 37.4. The van der Waals surface area contributed by atoms with Crippen molar-refractivity contribution in [1.29, 1.82) is 0 Å². The fourth-order valence-corrected chi connectivity index (χ4v) is 3.53. The fraction of sp³-hybridized carbons (Fsp3) is 0.238. The Balaban J connectivity index is 1.26. The van der Waals surface area contributed by atoms with Crippen LogP contribution in [-0.2, 0) is 11.3 Å². The molecule has 2 aliphatic rings. The van der Waals surface area contributed by atoms with Gasteiger partial charge in [0.05, 0.1) is 17.2 Å². The van der Waals surface area contributed by atoms with Gasteiger partial charge in [0.15, 0.2) is 11.5 Å². The number of ether oxygens (including phenoxy) is 2. The summed E-state index contributed by atoms with van der Waals surface area (Å²) in [6.45, 7) is 1.62. The molecule has 0 unspecified atom stereocenters. The summed E-state index contributed by atoms with van der Waals surface area (Å²) in [6.07, 6.45) is 1.47. The van der Waals surface area contributed by atoms with Gasteiger partial charge < -0.3 is 19.3 Å². The van der Waals surface area contributed by atoms with E-state index in [1.807, 2.05) is 42.5 Å². The highest BCUT2D eigenvalue weighted by atomic mass is 16.7. The molecule has 2 amide bonds. The van der Waals surface area contributed by atoms with Crippen LogP contribution in [0.1, 0.15) is 16.1 Å². The molecular formula is C21H18N4O4. The number of rotatable bonds is 3. The Kier molecular flexibility index (Phi) is 4.23. The van der Waals surface area contributed by atoms with Crippen molar-refractivity contribution in [3.8, 4) is 11.5 Å². The molecule has 146 valence electrons. The van der Waals surface area contributed by atoms with Gasteiger partial charge >= 0.3 is 0 Å². The molecule has 2 aromatic carbocycles. The summed E-state index contributed by atoms with van der Waals surface area (Å²) in [5.74, 6) is 1.03. The third kappa shape index (κ3) is 3.33. The minimum absolute atomic E-state index is 0.0257. The van der Waals surface area contributed by atoms with Gasteiger partial charge in [0.1, 0.15) is 12.2 Å². The minimum Gasteiger partial charge on any atom is -0.454 e. The van der Waals surface area contributed by atoms with Gasteiger partial charge in [0, 0.05) is 19.6 Å². The lowest BCUT2D eigenvalue weighted by molar-refractivity contribution is -0.135. The predicted octanol–water partition coefficient (Wildman–Crippen LogP) is 1.84. The number of para-hydroxylation sites is 2. The van der Waals surface area contributed by atoms with Gasteiger partial charge in [-0.2, -0.15) is 0 Å².